The number of hydrogen-bond acceptors (Lipinski definition) is 12. The van der Waals surface area contributed by atoms with Crippen LogP contribution in [0, 0.1) is 0 Å². The summed E-state index contributed by atoms with van der Waals surface area (Å²) >= 11 is 20.8. The number of carbonyl (C=O) groups excluding carboxylic acids is 5. The number of halogens is 7. The van der Waals surface area contributed by atoms with E-state index in [0.29, 0.717) is 62.0 Å². The second-order valence-corrected chi connectivity index (χ2v) is 18.3. The summed E-state index contributed by atoms with van der Waals surface area (Å²) in [6, 6.07) is 29.2. The molecule has 17 nitrogen and oxygen atoms in total. The molecule has 24 heteroatoms. The fourth-order valence-corrected chi connectivity index (χ4v) is 7.58. The molecule has 0 aliphatic rings. The Bertz CT molecular complexity index is 3440. The second-order valence-electron chi connectivity index (χ2n) is 16.5. The summed E-state index contributed by atoms with van der Waals surface area (Å²) in [4.78, 5) is 82.8. The normalized spacial score (nSPS) is 11.2. The fraction of sp³-hybridized carbons (Fsp3) is 0.151. The number of amides is 3. The van der Waals surface area contributed by atoms with Crippen LogP contribution >= 0.6 is 50.7 Å². The van der Waals surface area contributed by atoms with Gasteiger partial charge in [-0.3, -0.25) is 24.0 Å². The molecule has 77 heavy (non-hydrogen) atoms. The number of para-hydroxylation sites is 2. The predicted molar refractivity (Wildman–Crippen MR) is 300 cm³/mol. The Morgan fingerprint density at radius 3 is 1.62 bits per heavy atom. The third kappa shape index (κ3) is 18.1. The molecule has 4 aromatic carbocycles. The van der Waals surface area contributed by atoms with Crippen molar-refractivity contribution in [3.8, 4) is 22.5 Å². The Morgan fingerprint density at radius 2 is 1.16 bits per heavy atom. The third-order valence-electron chi connectivity index (χ3n) is 10.4. The van der Waals surface area contributed by atoms with Crippen molar-refractivity contribution in [2.24, 2.45) is 0 Å². The molecule has 7 N–H and O–H groups in total. The maximum Gasteiger partial charge on any atom is 0.471 e. The van der Waals surface area contributed by atoms with Crippen LogP contribution in [0.15, 0.2) is 146 Å². The Morgan fingerprint density at radius 1 is 0.662 bits per heavy atom. The van der Waals surface area contributed by atoms with E-state index in [2.05, 4.69) is 67.1 Å². The minimum Gasteiger partial charge on any atom is -0.360 e. The zero-order chi connectivity index (χ0) is 55.5. The highest BCUT2D eigenvalue weighted by Gasteiger charge is 2.38. The van der Waals surface area contributed by atoms with Gasteiger partial charge in [0.05, 0.1) is 40.4 Å². The van der Waals surface area contributed by atoms with Gasteiger partial charge < -0.3 is 41.5 Å². The third-order valence-corrected chi connectivity index (χ3v) is 11.4. The van der Waals surface area contributed by atoms with Gasteiger partial charge >= 0.3 is 12.1 Å². The molecule has 0 spiro atoms. The van der Waals surface area contributed by atoms with Gasteiger partial charge in [-0.2, -0.15) is 13.2 Å². The first kappa shape index (κ1) is 58.3. The molecule has 3 amide bonds. The van der Waals surface area contributed by atoms with Crippen LogP contribution in [-0.4, -0.2) is 102 Å². The Kier molecular flexibility index (Phi) is 21.4. The lowest BCUT2D eigenvalue weighted by atomic mass is 10.1. The molecule has 0 saturated carbocycles. The lowest BCUT2D eigenvalue weighted by Crippen LogP contribution is -2.41. The molecule has 8 rings (SSSR count). The minimum absolute atomic E-state index is 0.0756. The Hall–Kier alpha value is -7.95. The summed E-state index contributed by atoms with van der Waals surface area (Å²) in [7, 11) is 3.85. The topological polar surface area (TPSA) is 232 Å². The summed E-state index contributed by atoms with van der Waals surface area (Å²) in [5, 5.41) is 15.9. The van der Waals surface area contributed by atoms with Crippen molar-refractivity contribution in [2.75, 3.05) is 53.8 Å². The van der Waals surface area contributed by atoms with Crippen molar-refractivity contribution >= 4 is 136 Å². The number of hydrogen-bond donors (Lipinski definition) is 7. The van der Waals surface area contributed by atoms with Crippen LogP contribution in [-0.2, 0) is 24.0 Å². The molecule has 0 bridgehead atoms. The largest absolute Gasteiger partial charge is 0.471 e. The zero-order valence-corrected chi connectivity index (χ0v) is 44.7. The van der Waals surface area contributed by atoms with E-state index in [-0.39, 0.29) is 30.5 Å². The number of nitrogens with zero attached hydrogens (tertiary/aromatic N) is 5. The van der Waals surface area contributed by atoms with Gasteiger partial charge in [0.25, 0.3) is 0 Å². The average Bonchev–Trinajstić information content (AvgIpc) is 4.04. The number of allylic oxidation sites excluding steroid dienone is 3. The van der Waals surface area contributed by atoms with Gasteiger partial charge in [0, 0.05) is 92.8 Å². The zero-order valence-electron chi connectivity index (χ0n) is 40.8. The number of anilines is 6. The van der Waals surface area contributed by atoms with Crippen molar-refractivity contribution in [3.63, 3.8) is 0 Å². The first-order valence-corrected chi connectivity index (χ1v) is 25.3. The number of rotatable bonds is 18. The summed E-state index contributed by atoms with van der Waals surface area (Å²) in [6.45, 7) is -0.150. The number of aromatic amines is 2. The van der Waals surface area contributed by atoms with Crippen LogP contribution in [0.1, 0.15) is 12.8 Å². The van der Waals surface area contributed by atoms with Crippen molar-refractivity contribution in [1.82, 2.24) is 40.1 Å². The van der Waals surface area contributed by atoms with Gasteiger partial charge in [-0.25, -0.2) is 19.9 Å². The molecule has 0 aliphatic carbocycles. The van der Waals surface area contributed by atoms with Crippen molar-refractivity contribution in [3.05, 3.63) is 156 Å². The number of ketones is 1. The highest BCUT2D eigenvalue weighted by atomic mass is 79.9. The van der Waals surface area contributed by atoms with Crippen LogP contribution in [0.2, 0.25) is 10.0 Å². The first-order valence-electron chi connectivity index (χ1n) is 23.0. The molecular formula is C53H47BrCl3F3N12O5. The van der Waals surface area contributed by atoms with Crippen LogP contribution < -0.4 is 26.6 Å². The number of alkyl halides is 4. The van der Waals surface area contributed by atoms with E-state index in [1.54, 1.807) is 48.8 Å². The molecule has 0 fully saturated rings. The summed E-state index contributed by atoms with van der Waals surface area (Å²) in [6.07, 6.45) is 8.15. The fourth-order valence-electron chi connectivity index (χ4n) is 6.92. The number of fused-ring (bicyclic) bond motifs is 2. The average molecular weight is 1180 g/mol. The molecule has 4 heterocycles. The standard InChI is InChI=1S/C27H27ClN6O2.C22H16ClF3N6O2.C4H4BrClO/c1-34(2)14-6-9-20(35)12-13-25(36)31-18-7-5-8-19(15-18)32-27-30-17-23(28)26(33-27)22-16-29-24-11-4-3-10-21(22)24;23-16-10-29-21(32-19(16)15-9-27-17-7-2-1-6-14(15)17)31-13-5-3-4-12(8-13)30-18(33)11-28-20(34)22(24,25)26;5-3-1-2-4(6)7/h3-11,15-17,29H,12-14H2,1-2H3,(H,31,36)(H,30,32,33);1-10,27H,11H2,(H,28,34)(H,30,33)(H,29,31,32);1-2H,3H2/b9-6+;;2-1+. The molecule has 0 atom stereocenters. The lowest BCUT2D eigenvalue weighted by Gasteiger charge is -2.11. The molecule has 0 radical (unpaired) electrons. The summed E-state index contributed by atoms with van der Waals surface area (Å²) in [5.74, 6) is -2.70. The smallest absolute Gasteiger partial charge is 0.360 e. The van der Waals surface area contributed by atoms with Crippen LogP contribution in [0.25, 0.3) is 44.3 Å². The van der Waals surface area contributed by atoms with E-state index in [9.17, 15) is 37.1 Å². The van der Waals surface area contributed by atoms with Crippen LogP contribution in [0.5, 0.6) is 0 Å². The quantitative estimate of drug-likeness (QED) is 0.0242. The lowest BCUT2D eigenvalue weighted by molar-refractivity contribution is -0.173. The number of nitrogens with one attached hydrogen (secondary N) is 7. The monoisotopic (exact) mass is 1170 g/mol. The van der Waals surface area contributed by atoms with E-state index in [1.165, 1.54) is 35.8 Å². The maximum atomic E-state index is 12.3. The van der Waals surface area contributed by atoms with E-state index in [4.69, 9.17) is 34.8 Å². The number of benzene rings is 4. The predicted octanol–water partition coefficient (Wildman–Crippen LogP) is 11.8. The summed E-state index contributed by atoms with van der Waals surface area (Å²) < 4.78 is 36.7. The first-order chi connectivity index (χ1) is 36.9. The molecule has 8 aromatic rings. The number of likely N-dealkylation sites (N-methyl/N-ethyl adjacent to an activating group) is 1. The maximum absolute atomic E-state index is 12.3. The molecule has 0 aliphatic heterocycles. The van der Waals surface area contributed by atoms with Crippen molar-refractivity contribution in [1.29, 1.82) is 0 Å². The van der Waals surface area contributed by atoms with Gasteiger partial charge in [0.2, 0.25) is 29.0 Å². The van der Waals surface area contributed by atoms with Crippen LogP contribution in [0.4, 0.5) is 47.8 Å². The minimum atomic E-state index is -5.06. The van der Waals surface area contributed by atoms with Gasteiger partial charge in [0.1, 0.15) is 0 Å². The molecule has 4 aromatic heterocycles. The number of aromatic nitrogens is 6. The highest BCUT2D eigenvalue weighted by molar-refractivity contribution is 9.09. The van der Waals surface area contributed by atoms with Gasteiger partial charge in [-0.15, -0.1) is 0 Å². The summed E-state index contributed by atoms with van der Waals surface area (Å²) in [5.41, 5.74) is 6.83. The number of carbonyl (C=O) groups is 5. The highest BCUT2D eigenvalue weighted by Crippen LogP contribution is 2.34. The molecule has 398 valence electrons. The van der Waals surface area contributed by atoms with Crippen molar-refractivity contribution < 1.29 is 37.1 Å². The van der Waals surface area contributed by atoms with E-state index >= 15 is 0 Å². The van der Waals surface area contributed by atoms with E-state index in [1.807, 2.05) is 85.9 Å². The Labute approximate surface area is 462 Å². The molecular weight excluding hydrogens is 1130 g/mol. The van der Waals surface area contributed by atoms with Crippen molar-refractivity contribution in [2.45, 2.75) is 19.0 Å². The Balaban J connectivity index is 0.000000222. The SMILES string of the molecule is CN(C)C/C=C/C(=O)CCC(=O)Nc1cccc(Nc2ncc(Cl)c(-c3c[nH]c4ccccc34)n2)c1.O=C(CNC(=O)C(F)(F)F)Nc1cccc(Nc2ncc(Cl)c(-c3c[nH]c4ccccc34)n2)c1.O=C(Cl)/C=C/CBr. The van der Waals surface area contributed by atoms with Crippen LogP contribution in [0.3, 0.4) is 0 Å². The van der Waals surface area contributed by atoms with Gasteiger partial charge in [0.15, 0.2) is 5.78 Å². The second kappa shape index (κ2) is 28.3. The molecule has 0 unspecified atom stereocenters. The molecule has 0 saturated heterocycles. The van der Waals surface area contributed by atoms with E-state index in [0.717, 1.165) is 32.9 Å². The van der Waals surface area contributed by atoms with Gasteiger partial charge in [-0.1, -0.05) is 99.8 Å². The van der Waals surface area contributed by atoms with Gasteiger partial charge in [-0.05, 0) is 86.4 Å². The number of H-pyrrole nitrogens is 2. The van der Waals surface area contributed by atoms with E-state index < -0.39 is 29.8 Å².